The Bertz CT molecular complexity index is 933. The van der Waals surface area contributed by atoms with Crippen LogP contribution in [0.5, 0.6) is 11.5 Å². The standard InChI is InChI=1S/2C11H12ClNO2.2Cu/c2*1-7(5-8(2)14)13-10-6-9(12)3-4-11(10)15;;/h2*3-6,14-15H,1-2H3;;/q;;2*+2/p-4/b2*8-5-,13-7?;;. The molecule has 0 amide bonds. The van der Waals surface area contributed by atoms with Crippen LogP contribution >= 0.6 is 23.2 Å². The van der Waals surface area contributed by atoms with E-state index in [9.17, 15) is 20.4 Å². The van der Waals surface area contributed by atoms with Crippen molar-refractivity contribution in [2.45, 2.75) is 27.7 Å². The van der Waals surface area contributed by atoms with E-state index in [0.717, 1.165) is 0 Å². The van der Waals surface area contributed by atoms with Crippen LogP contribution in [0.15, 0.2) is 70.1 Å². The summed E-state index contributed by atoms with van der Waals surface area (Å²) in [7, 11) is 0. The third-order valence-electron chi connectivity index (χ3n) is 3.26. The smallest absolute Gasteiger partial charge is 0.876 e. The summed E-state index contributed by atoms with van der Waals surface area (Å²) < 4.78 is 0. The Kier molecular flexibility index (Phi) is 15.9. The second-order valence-corrected chi connectivity index (χ2v) is 7.11. The second kappa shape index (κ2) is 15.8. The summed E-state index contributed by atoms with van der Waals surface area (Å²) in [5, 5.41) is 45.1. The van der Waals surface area contributed by atoms with E-state index in [0.29, 0.717) is 21.5 Å². The van der Waals surface area contributed by atoms with Crippen molar-refractivity contribution in [3.8, 4) is 11.5 Å². The predicted octanol–water partition coefficient (Wildman–Crippen LogP) is 3.54. The molecule has 0 bridgehead atoms. The first-order valence-corrected chi connectivity index (χ1v) is 9.48. The summed E-state index contributed by atoms with van der Waals surface area (Å²) in [5.74, 6) is -0.636. The minimum atomic E-state index is -0.212. The second-order valence-electron chi connectivity index (χ2n) is 6.24. The molecule has 0 aromatic heterocycles. The van der Waals surface area contributed by atoms with Crippen LogP contribution in [-0.4, -0.2) is 11.4 Å². The fourth-order valence-electron chi connectivity index (χ4n) is 2.19. The summed E-state index contributed by atoms with van der Waals surface area (Å²) in [4.78, 5) is 8.01. The van der Waals surface area contributed by atoms with Crippen molar-refractivity contribution in [1.82, 2.24) is 0 Å². The molecule has 0 atom stereocenters. The van der Waals surface area contributed by atoms with E-state index in [1.54, 1.807) is 13.8 Å². The quantitative estimate of drug-likeness (QED) is 0.316. The molecule has 10 heteroatoms. The van der Waals surface area contributed by atoms with Gasteiger partial charge < -0.3 is 20.4 Å². The van der Waals surface area contributed by atoms with Gasteiger partial charge in [-0.05, 0) is 38.1 Å². The molecular weight excluding hydrogens is 554 g/mol. The van der Waals surface area contributed by atoms with E-state index in [-0.39, 0.29) is 68.5 Å². The zero-order chi connectivity index (χ0) is 22.8. The maximum atomic E-state index is 11.3. The van der Waals surface area contributed by atoms with E-state index in [4.69, 9.17) is 23.2 Å². The van der Waals surface area contributed by atoms with Crippen molar-refractivity contribution >= 4 is 46.0 Å². The van der Waals surface area contributed by atoms with Gasteiger partial charge in [-0.1, -0.05) is 72.8 Å². The largest absolute Gasteiger partial charge is 2.00 e. The third-order valence-corrected chi connectivity index (χ3v) is 3.73. The van der Waals surface area contributed by atoms with Crippen molar-refractivity contribution in [2.24, 2.45) is 9.98 Å². The summed E-state index contributed by atoms with van der Waals surface area (Å²) in [6, 6.07) is 8.66. The van der Waals surface area contributed by atoms with E-state index in [1.165, 1.54) is 62.4 Å². The average molecular weight is 574 g/mol. The number of halogens is 2. The zero-order valence-corrected chi connectivity index (χ0v) is 20.9. The van der Waals surface area contributed by atoms with Crippen molar-refractivity contribution < 1.29 is 54.6 Å². The van der Waals surface area contributed by atoms with E-state index >= 15 is 0 Å². The molecule has 2 rings (SSSR count). The van der Waals surface area contributed by atoms with Crippen LogP contribution < -0.4 is 20.4 Å². The Morgan fingerprint density at radius 3 is 1.28 bits per heavy atom. The van der Waals surface area contributed by atoms with Gasteiger partial charge in [-0.2, -0.15) is 0 Å². The first-order valence-electron chi connectivity index (χ1n) is 8.72. The van der Waals surface area contributed by atoms with Crippen LogP contribution in [-0.2, 0) is 34.1 Å². The molecule has 0 heterocycles. The SMILES string of the molecule is CC(/C=C(/C)[O-])=Nc1cc(Cl)ccc1[O-].CC(/C=C(/C)[O-])=Nc1cc(Cl)ccc1[O-].[Cu+2].[Cu+2]. The molecule has 0 saturated heterocycles. The molecule has 0 fully saturated rings. The first kappa shape index (κ1) is 32.3. The van der Waals surface area contributed by atoms with Gasteiger partial charge in [0.05, 0.1) is 11.4 Å². The molecule has 0 unspecified atom stereocenters. The monoisotopic (exact) mass is 572 g/mol. The summed E-state index contributed by atoms with van der Waals surface area (Å²) in [6.45, 7) is 6.16. The number of aliphatic imine (C=N–C) groups is 2. The predicted molar refractivity (Wildman–Crippen MR) is 115 cm³/mol. The molecule has 32 heavy (non-hydrogen) atoms. The fourth-order valence-corrected chi connectivity index (χ4v) is 2.52. The minimum absolute atomic E-state index is 0. The van der Waals surface area contributed by atoms with Gasteiger partial charge in [0.15, 0.2) is 0 Å². The Balaban J connectivity index is 0. The zero-order valence-electron chi connectivity index (χ0n) is 17.5. The molecule has 0 N–H and O–H groups in total. The summed E-state index contributed by atoms with van der Waals surface area (Å²) >= 11 is 11.4. The van der Waals surface area contributed by atoms with Gasteiger partial charge in [0.25, 0.3) is 0 Å². The molecule has 2 aromatic rings. The van der Waals surface area contributed by atoms with Crippen LogP contribution in [0.3, 0.4) is 0 Å². The van der Waals surface area contributed by atoms with Crippen molar-refractivity contribution in [1.29, 1.82) is 0 Å². The molecular formula is C22H20Cl2Cu2N2O4. The van der Waals surface area contributed by atoms with Crippen LogP contribution in [0.4, 0.5) is 11.4 Å². The van der Waals surface area contributed by atoms with E-state index < -0.39 is 0 Å². The van der Waals surface area contributed by atoms with E-state index in [2.05, 4.69) is 9.98 Å². The van der Waals surface area contributed by atoms with Crippen LogP contribution in [0.1, 0.15) is 27.7 Å². The summed E-state index contributed by atoms with van der Waals surface area (Å²) in [5.41, 5.74) is 1.47. The van der Waals surface area contributed by atoms with Gasteiger partial charge in [-0.25, -0.2) is 0 Å². The molecule has 0 spiro atoms. The Labute approximate surface area is 219 Å². The maximum absolute atomic E-state index is 11.3. The molecule has 2 radical (unpaired) electrons. The molecule has 0 aliphatic carbocycles. The van der Waals surface area contributed by atoms with Gasteiger partial charge in [0.2, 0.25) is 0 Å². The van der Waals surface area contributed by atoms with Gasteiger partial charge in [-0.15, -0.1) is 11.5 Å². The minimum Gasteiger partial charge on any atom is -0.876 e. The molecule has 0 saturated carbocycles. The van der Waals surface area contributed by atoms with Crippen LogP contribution in [0.25, 0.3) is 0 Å². The first-order chi connectivity index (χ1) is 14.0. The maximum Gasteiger partial charge on any atom is 2.00 e. The van der Waals surface area contributed by atoms with Gasteiger partial charge >= 0.3 is 34.1 Å². The normalized spacial score (nSPS) is 12.2. The van der Waals surface area contributed by atoms with Gasteiger partial charge in [0.1, 0.15) is 0 Å². The molecule has 0 aliphatic rings. The average Bonchev–Trinajstić information content (AvgIpc) is 2.60. The van der Waals surface area contributed by atoms with E-state index in [1.807, 2.05) is 0 Å². The Morgan fingerprint density at radius 1 is 0.688 bits per heavy atom. The fraction of sp³-hybridized carbons (Fsp3) is 0.182. The Hall–Kier alpha value is -1.92. The molecule has 178 valence electrons. The number of hydrogen-bond acceptors (Lipinski definition) is 6. The number of nitrogens with zero attached hydrogens (tertiary/aromatic N) is 2. The molecule has 6 nitrogen and oxygen atoms in total. The van der Waals surface area contributed by atoms with Crippen LogP contribution in [0.2, 0.25) is 10.0 Å². The number of hydrogen-bond donors (Lipinski definition) is 0. The van der Waals surface area contributed by atoms with Gasteiger partial charge in [-0.3, -0.25) is 9.98 Å². The third kappa shape index (κ3) is 12.8. The topological polar surface area (TPSA) is 117 Å². The van der Waals surface area contributed by atoms with Crippen LogP contribution in [0, 0.1) is 0 Å². The molecule has 0 aliphatic heterocycles. The Morgan fingerprint density at radius 2 is 1.00 bits per heavy atom. The molecule has 2 aromatic carbocycles. The van der Waals surface area contributed by atoms with Crippen molar-refractivity contribution in [3.63, 3.8) is 0 Å². The number of allylic oxidation sites excluding steroid dienone is 4. The summed E-state index contributed by atoms with van der Waals surface area (Å²) in [6.07, 6.45) is 2.72. The number of rotatable bonds is 4. The van der Waals surface area contributed by atoms with Crippen molar-refractivity contribution in [3.05, 3.63) is 70.1 Å². The number of benzene rings is 2. The van der Waals surface area contributed by atoms with Gasteiger partial charge in [0, 0.05) is 21.5 Å². The van der Waals surface area contributed by atoms with Crippen molar-refractivity contribution in [2.75, 3.05) is 0 Å².